The third kappa shape index (κ3) is 15.4. The molecule has 4 nitrogen and oxygen atoms in total. The highest BCUT2D eigenvalue weighted by atomic mass is 16.5. The summed E-state index contributed by atoms with van der Waals surface area (Å²) in [5, 5.41) is 17.0. The molecule has 18 heavy (non-hydrogen) atoms. The van der Waals surface area contributed by atoms with E-state index in [0.29, 0.717) is 19.6 Å². The first-order chi connectivity index (χ1) is 8.77. The number of aliphatic hydroxyl groups excluding tert-OH is 1. The second-order valence-electron chi connectivity index (χ2n) is 4.66. The number of carbonyl (C=O) groups is 1. The SMILES string of the molecule is O=C(O)CCCOCCCCCCCCCCO. The van der Waals surface area contributed by atoms with Gasteiger partial charge in [-0.2, -0.15) is 0 Å². The number of hydrogen-bond donors (Lipinski definition) is 2. The van der Waals surface area contributed by atoms with Crippen molar-refractivity contribution in [2.45, 2.75) is 64.2 Å². The second-order valence-corrected chi connectivity index (χ2v) is 4.66. The van der Waals surface area contributed by atoms with Crippen molar-refractivity contribution >= 4 is 5.97 Å². The highest BCUT2D eigenvalue weighted by Crippen LogP contribution is 2.08. The quantitative estimate of drug-likeness (QED) is 0.471. The Morgan fingerprint density at radius 2 is 1.28 bits per heavy atom. The van der Waals surface area contributed by atoms with Crippen molar-refractivity contribution in [3.63, 3.8) is 0 Å². The van der Waals surface area contributed by atoms with E-state index < -0.39 is 5.97 Å². The number of unbranched alkanes of at least 4 members (excludes halogenated alkanes) is 7. The average molecular weight is 260 g/mol. The van der Waals surface area contributed by atoms with Crippen molar-refractivity contribution in [1.29, 1.82) is 0 Å². The number of rotatable bonds is 14. The molecular formula is C14H28O4. The molecule has 0 aliphatic heterocycles. The van der Waals surface area contributed by atoms with Gasteiger partial charge in [0.05, 0.1) is 0 Å². The number of aliphatic hydroxyl groups is 1. The van der Waals surface area contributed by atoms with Crippen LogP contribution in [0.5, 0.6) is 0 Å². The molecule has 0 aliphatic rings. The van der Waals surface area contributed by atoms with E-state index in [0.717, 1.165) is 25.9 Å². The van der Waals surface area contributed by atoms with Gasteiger partial charge in [-0.1, -0.05) is 38.5 Å². The van der Waals surface area contributed by atoms with Crippen LogP contribution in [0.4, 0.5) is 0 Å². The average Bonchev–Trinajstić information content (AvgIpc) is 2.34. The lowest BCUT2D eigenvalue weighted by atomic mass is 10.1. The van der Waals surface area contributed by atoms with E-state index in [1.165, 1.54) is 32.1 Å². The molecular weight excluding hydrogens is 232 g/mol. The van der Waals surface area contributed by atoms with Gasteiger partial charge in [-0.3, -0.25) is 4.79 Å². The third-order valence-corrected chi connectivity index (χ3v) is 2.88. The third-order valence-electron chi connectivity index (χ3n) is 2.88. The van der Waals surface area contributed by atoms with Gasteiger partial charge >= 0.3 is 5.97 Å². The summed E-state index contributed by atoms with van der Waals surface area (Å²) in [6.07, 6.45) is 10.2. The van der Waals surface area contributed by atoms with Gasteiger partial charge in [-0.05, 0) is 19.3 Å². The van der Waals surface area contributed by atoms with Crippen LogP contribution in [0.1, 0.15) is 64.2 Å². The highest BCUT2D eigenvalue weighted by Gasteiger charge is 1.96. The minimum Gasteiger partial charge on any atom is -0.481 e. The number of carboxylic acids is 1. The van der Waals surface area contributed by atoms with Crippen LogP contribution in [0.2, 0.25) is 0 Å². The molecule has 0 radical (unpaired) electrons. The van der Waals surface area contributed by atoms with Crippen molar-refractivity contribution < 1.29 is 19.7 Å². The first-order valence-corrected chi connectivity index (χ1v) is 7.17. The lowest BCUT2D eigenvalue weighted by molar-refractivity contribution is -0.137. The van der Waals surface area contributed by atoms with Crippen LogP contribution in [-0.2, 0) is 9.53 Å². The summed E-state index contributed by atoms with van der Waals surface area (Å²) in [4.78, 5) is 10.2. The number of aliphatic carboxylic acids is 1. The van der Waals surface area contributed by atoms with Crippen molar-refractivity contribution in [3.05, 3.63) is 0 Å². The number of hydrogen-bond acceptors (Lipinski definition) is 3. The zero-order valence-electron chi connectivity index (χ0n) is 11.4. The standard InChI is InChI=1S/C14H28O4/c15-11-7-5-3-1-2-4-6-8-12-18-13-9-10-14(16)17/h15H,1-13H2,(H,16,17). The van der Waals surface area contributed by atoms with Gasteiger partial charge in [0.25, 0.3) is 0 Å². The molecule has 0 bridgehead atoms. The Kier molecular flexibility index (Phi) is 14.0. The van der Waals surface area contributed by atoms with E-state index in [2.05, 4.69) is 0 Å². The van der Waals surface area contributed by atoms with Crippen LogP contribution < -0.4 is 0 Å². The zero-order valence-corrected chi connectivity index (χ0v) is 11.4. The monoisotopic (exact) mass is 260 g/mol. The van der Waals surface area contributed by atoms with Crippen molar-refractivity contribution in [2.24, 2.45) is 0 Å². The van der Waals surface area contributed by atoms with Crippen LogP contribution in [0.15, 0.2) is 0 Å². The Bertz CT molecular complexity index is 183. The molecule has 4 heteroatoms. The molecule has 0 aromatic rings. The van der Waals surface area contributed by atoms with Gasteiger partial charge < -0.3 is 14.9 Å². The van der Waals surface area contributed by atoms with Gasteiger partial charge in [0.2, 0.25) is 0 Å². The number of carboxylic acid groups (broad SMARTS) is 1. The van der Waals surface area contributed by atoms with Crippen LogP contribution in [0.3, 0.4) is 0 Å². The van der Waals surface area contributed by atoms with Gasteiger partial charge in [0.15, 0.2) is 0 Å². The molecule has 2 N–H and O–H groups in total. The molecule has 108 valence electrons. The predicted molar refractivity (Wildman–Crippen MR) is 71.7 cm³/mol. The molecule has 0 aromatic carbocycles. The molecule has 0 saturated carbocycles. The normalized spacial score (nSPS) is 10.7. The smallest absolute Gasteiger partial charge is 0.303 e. The molecule has 0 amide bonds. The van der Waals surface area contributed by atoms with Gasteiger partial charge in [-0.15, -0.1) is 0 Å². The van der Waals surface area contributed by atoms with E-state index in [-0.39, 0.29) is 6.42 Å². The Morgan fingerprint density at radius 3 is 1.83 bits per heavy atom. The Morgan fingerprint density at radius 1 is 0.778 bits per heavy atom. The first-order valence-electron chi connectivity index (χ1n) is 7.17. The zero-order chi connectivity index (χ0) is 13.5. The van der Waals surface area contributed by atoms with Crippen LogP contribution in [0.25, 0.3) is 0 Å². The van der Waals surface area contributed by atoms with Crippen LogP contribution in [-0.4, -0.2) is 36.0 Å². The van der Waals surface area contributed by atoms with Gasteiger partial charge in [0.1, 0.15) is 0 Å². The van der Waals surface area contributed by atoms with Crippen molar-refractivity contribution in [3.8, 4) is 0 Å². The maximum absolute atomic E-state index is 10.2. The summed E-state index contributed by atoms with van der Waals surface area (Å²) in [7, 11) is 0. The topological polar surface area (TPSA) is 66.8 Å². The summed E-state index contributed by atoms with van der Waals surface area (Å²) in [6.45, 7) is 1.64. The fourth-order valence-electron chi connectivity index (χ4n) is 1.80. The lowest BCUT2D eigenvalue weighted by Gasteiger charge is -2.03. The van der Waals surface area contributed by atoms with Crippen molar-refractivity contribution in [2.75, 3.05) is 19.8 Å². The molecule has 0 saturated heterocycles. The Labute approximate surface area is 110 Å². The molecule has 0 aliphatic carbocycles. The summed E-state index contributed by atoms with van der Waals surface area (Å²) in [5.41, 5.74) is 0. The molecule has 0 fully saturated rings. The van der Waals surface area contributed by atoms with E-state index in [1.54, 1.807) is 0 Å². The Balaban J connectivity index is 2.92. The maximum Gasteiger partial charge on any atom is 0.303 e. The van der Waals surface area contributed by atoms with E-state index in [9.17, 15) is 4.79 Å². The van der Waals surface area contributed by atoms with E-state index in [4.69, 9.17) is 14.9 Å². The fourth-order valence-corrected chi connectivity index (χ4v) is 1.80. The minimum absolute atomic E-state index is 0.202. The first kappa shape index (κ1) is 17.4. The van der Waals surface area contributed by atoms with Crippen molar-refractivity contribution in [1.82, 2.24) is 0 Å². The van der Waals surface area contributed by atoms with Gasteiger partial charge in [-0.25, -0.2) is 0 Å². The molecule has 0 heterocycles. The summed E-state index contributed by atoms with van der Waals surface area (Å²) < 4.78 is 5.35. The number of ether oxygens (including phenoxy) is 1. The molecule has 0 atom stereocenters. The predicted octanol–water partition coefficient (Wildman–Crippen LogP) is 2.98. The van der Waals surface area contributed by atoms with Gasteiger partial charge in [0, 0.05) is 26.2 Å². The fraction of sp³-hybridized carbons (Fsp3) is 0.929. The lowest BCUT2D eigenvalue weighted by Crippen LogP contribution is -2.01. The summed E-state index contributed by atoms with van der Waals surface area (Å²) in [6, 6.07) is 0. The molecule has 0 rings (SSSR count). The van der Waals surface area contributed by atoms with E-state index >= 15 is 0 Å². The molecule has 0 spiro atoms. The van der Waals surface area contributed by atoms with E-state index in [1.807, 2.05) is 0 Å². The molecule has 0 unspecified atom stereocenters. The highest BCUT2D eigenvalue weighted by molar-refractivity contribution is 5.66. The largest absolute Gasteiger partial charge is 0.481 e. The summed E-state index contributed by atoms with van der Waals surface area (Å²) >= 11 is 0. The minimum atomic E-state index is -0.750. The second kappa shape index (κ2) is 14.5. The molecule has 0 aromatic heterocycles. The summed E-state index contributed by atoms with van der Waals surface area (Å²) in [5.74, 6) is -0.750. The van der Waals surface area contributed by atoms with Crippen LogP contribution in [0, 0.1) is 0 Å². The van der Waals surface area contributed by atoms with Crippen LogP contribution >= 0.6 is 0 Å². The Hall–Kier alpha value is -0.610. The maximum atomic E-state index is 10.2.